The number of hydrogen-bond acceptors (Lipinski definition) is 4. The number of nitrogens with two attached hydrogens (primary N) is 1. The molecular formula is C15H26N4. The molecule has 2 atom stereocenters. The molecule has 2 rings (SSSR count). The van der Waals surface area contributed by atoms with E-state index < -0.39 is 0 Å². The number of rotatable bonds is 4. The Labute approximate surface area is 116 Å². The van der Waals surface area contributed by atoms with Crippen LogP contribution in [0.5, 0.6) is 0 Å². The molecule has 1 aliphatic carbocycles. The highest BCUT2D eigenvalue weighted by Gasteiger charge is 2.25. The van der Waals surface area contributed by atoms with Gasteiger partial charge in [-0.15, -0.1) is 0 Å². The first-order valence-corrected chi connectivity index (χ1v) is 7.50. The maximum atomic E-state index is 6.00. The lowest BCUT2D eigenvalue weighted by molar-refractivity contribution is 0.316. The summed E-state index contributed by atoms with van der Waals surface area (Å²) in [6, 6.07) is 0.533. The molecule has 1 aromatic rings. The van der Waals surface area contributed by atoms with Crippen molar-refractivity contribution in [3.8, 4) is 0 Å². The monoisotopic (exact) mass is 262 g/mol. The van der Waals surface area contributed by atoms with Gasteiger partial charge < -0.3 is 11.1 Å². The molecular weight excluding hydrogens is 236 g/mol. The lowest BCUT2D eigenvalue weighted by Crippen LogP contribution is -2.32. The predicted molar refractivity (Wildman–Crippen MR) is 80.2 cm³/mol. The summed E-state index contributed by atoms with van der Waals surface area (Å²) in [5.41, 5.74) is 7.06. The van der Waals surface area contributed by atoms with Crippen molar-refractivity contribution in [2.75, 3.05) is 11.1 Å². The fourth-order valence-corrected chi connectivity index (χ4v) is 3.16. The fraction of sp³-hybridized carbons (Fsp3) is 0.733. The highest BCUT2D eigenvalue weighted by atomic mass is 15.1. The van der Waals surface area contributed by atoms with E-state index in [9.17, 15) is 0 Å². The van der Waals surface area contributed by atoms with E-state index in [1.54, 1.807) is 6.33 Å². The van der Waals surface area contributed by atoms with Gasteiger partial charge in [-0.2, -0.15) is 0 Å². The summed E-state index contributed by atoms with van der Waals surface area (Å²) in [5.74, 6) is 2.64. The van der Waals surface area contributed by atoms with Crippen LogP contribution in [0, 0.1) is 5.92 Å². The molecule has 1 aliphatic rings. The second kappa shape index (κ2) is 6.22. The van der Waals surface area contributed by atoms with Crippen molar-refractivity contribution in [1.29, 1.82) is 0 Å². The van der Waals surface area contributed by atoms with E-state index in [1.807, 2.05) is 0 Å². The first kappa shape index (κ1) is 14.1. The topological polar surface area (TPSA) is 63.8 Å². The molecule has 0 amide bonds. The van der Waals surface area contributed by atoms with E-state index in [0.29, 0.717) is 17.8 Å². The molecule has 1 heterocycles. The first-order valence-electron chi connectivity index (χ1n) is 7.50. The van der Waals surface area contributed by atoms with Crippen LogP contribution in [0.4, 0.5) is 11.6 Å². The molecule has 1 aromatic heterocycles. The molecule has 4 heteroatoms. The minimum atomic E-state index is 0.340. The third-order valence-corrected chi connectivity index (χ3v) is 4.25. The van der Waals surface area contributed by atoms with E-state index in [-0.39, 0.29) is 0 Å². The van der Waals surface area contributed by atoms with Crippen LogP contribution < -0.4 is 11.1 Å². The van der Waals surface area contributed by atoms with E-state index in [0.717, 1.165) is 17.3 Å². The Morgan fingerprint density at radius 1 is 1.32 bits per heavy atom. The van der Waals surface area contributed by atoms with Crippen molar-refractivity contribution >= 4 is 11.6 Å². The summed E-state index contributed by atoms with van der Waals surface area (Å²) in [4.78, 5) is 8.54. The highest BCUT2D eigenvalue weighted by Crippen LogP contribution is 2.32. The second-order valence-corrected chi connectivity index (χ2v) is 5.88. The molecule has 0 saturated heterocycles. The fourth-order valence-electron chi connectivity index (χ4n) is 3.16. The summed E-state index contributed by atoms with van der Waals surface area (Å²) in [7, 11) is 0. The molecule has 0 radical (unpaired) electrons. The zero-order chi connectivity index (χ0) is 13.8. The Hall–Kier alpha value is -1.32. The lowest BCUT2D eigenvalue weighted by atomic mass is 9.83. The molecule has 1 fully saturated rings. The van der Waals surface area contributed by atoms with Crippen LogP contribution in [-0.2, 0) is 0 Å². The zero-order valence-corrected chi connectivity index (χ0v) is 12.3. The standard InChI is InChI=1S/C15H26N4/c1-4-11-7-5-6-8-12(11)19-15-13(10(2)3)14(16)17-9-18-15/h9-12H,4-8H2,1-3H3,(H3,16,17,18,19). The van der Waals surface area contributed by atoms with Gasteiger partial charge in [0, 0.05) is 11.6 Å². The van der Waals surface area contributed by atoms with Crippen LogP contribution in [0.2, 0.25) is 0 Å². The molecule has 2 unspecified atom stereocenters. The molecule has 0 aliphatic heterocycles. The van der Waals surface area contributed by atoms with Gasteiger partial charge in [0.05, 0.1) is 0 Å². The van der Waals surface area contributed by atoms with E-state index >= 15 is 0 Å². The summed E-state index contributed by atoms with van der Waals surface area (Å²) in [6.07, 6.45) is 8.03. The lowest BCUT2D eigenvalue weighted by Gasteiger charge is -2.32. The van der Waals surface area contributed by atoms with Crippen molar-refractivity contribution in [2.24, 2.45) is 5.92 Å². The van der Waals surface area contributed by atoms with E-state index in [2.05, 4.69) is 36.1 Å². The molecule has 0 aromatic carbocycles. The number of aromatic nitrogens is 2. The first-order chi connectivity index (χ1) is 9.13. The summed E-state index contributed by atoms with van der Waals surface area (Å²) >= 11 is 0. The quantitative estimate of drug-likeness (QED) is 0.870. The zero-order valence-electron chi connectivity index (χ0n) is 12.3. The second-order valence-electron chi connectivity index (χ2n) is 5.88. The largest absolute Gasteiger partial charge is 0.383 e. The number of nitrogens with one attached hydrogen (secondary N) is 1. The molecule has 3 N–H and O–H groups in total. The summed E-state index contributed by atoms with van der Waals surface area (Å²) in [5, 5.41) is 3.64. The van der Waals surface area contributed by atoms with Crippen molar-refractivity contribution in [2.45, 2.75) is 64.8 Å². The highest BCUT2D eigenvalue weighted by molar-refractivity contribution is 5.57. The Morgan fingerprint density at radius 3 is 2.74 bits per heavy atom. The minimum absolute atomic E-state index is 0.340. The normalized spacial score (nSPS) is 23.6. The van der Waals surface area contributed by atoms with Gasteiger partial charge in [0.2, 0.25) is 0 Å². The maximum Gasteiger partial charge on any atom is 0.135 e. The van der Waals surface area contributed by atoms with Gasteiger partial charge >= 0.3 is 0 Å². The van der Waals surface area contributed by atoms with Crippen molar-refractivity contribution in [1.82, 2.24) is 9.97 Å². The molecule has 106 valence electrons. The van der Waals surface area contributed by atoms with Crippen molar-refractivity contribution in [3.63, 3.8) is 0 Å². The Balaban J connectivity index is 2.20. The maximum absolute atomic E-state index is 6.00. The third-order valence-electron chi connectivity index (χ3n) is 4.25. The van der Waals surface area contributed by atoms with Crippen LogP contribution in [0.3, 0.4) is 0 Å². The van der Waals surface area contributed by atoms with Crippen LogP contribution in [0.1, 0.15) is 64.4 Å². The van der Waals surface area contributed by atoms with Gasteiger partial charge in [-0.05, 0) is 24.7 Å². The predicted octanol–water partition coefficient (Wildman–Crippen LogP) is 3.56. The third kappa shape index (κ3) is 3.17. The average molecular weight is 262 g/mol. The van der Waals surface area contributed by atoms with Gasteiger partial charge in [-0.3, -0.25) is 0 Å². The van der Waals surface area contributed by atoms with Crippen LogP contribution in [0.15, 0.2) is 6.33 Å². The molecule has 1 saturated carbocycles. The minimum Gasteiger partial charge on any atom is -0.383 e. The van der Waals surface area contributed by atoms with E-state index in [1.165, 1.54) is 32.1 Å². The number of hydrogen-bond donors (Lipinski definition) is 2. The van der Waals surface area contributed by atoms with Gasteiger partial charge in [0.15, 0.2) is 0 Å². The van der Waals surface area contributed by atoms with Gasteiger partial charge in [-0.25, -0.2) is 9.97 Å². The van der Waals surface area contributed by atoms with Gasteiger partial charge in [0.25, 0.3) is 0 Å². The number of nitrogens with zero attached hydrogens (tertiary/aromatic N) is 2. The van der Waals surface area contributed by atoms with Crippen LogP contribution in [0.25, 0.3) is 0 Å². The van der Waals surface area contributed by atoms with E-state index in [4.69, 9.17) is 5.73 Å². The van der Waals surface area contributed by atoms with Gasteiger partial charge in [0.1, 0.15) is 18.0 Å². The summed E-state index contributed by atoms with van der Waals surface area (Å²) in [6.45, 7) is 6.55. The number of anilines is 2. The molecule has 4 nitrogen and oxygen atoms in total. The Kier molecular flexibility index (Phi) is 4.61. The smallest absolute Gasteiger partial charge is 0.135 e. The molecule has 19 heavy (non-hydrogen) atoms. The molecule has 0 bridgehead atoms. The SMILES string of the molecule is CCC1CCCCC1Nc1ncnc(N)c1C(C)C. The number of nitrogen functional groups attached to an aromatic ring is 1. The average Bonchev–Trinajstić information content (AvgIpc) is 2.39. The van der Waals surface area contributed by atoms with Crippen LogP contribution in [-0.4, -0.2) is 16.0 Å². The Bertz CT molecular complexity index is 417. The Morgan fingerprint density at radius 2 is 2.05 bits per heavy atom. The summed E-state index contributed by atoms with van der Waals surface area (Å²) < 4.78 is 0. The molecule has 0 spiro atoms. The van der Waals surface area contributed by atoms with Crippen molar-refractivity contribution in [3.05, 3.63) is 11.9 Å². The van der Waals surface area contributed by atoms with Crippen LogP contribution >= 0.6 is 0 Å². The van der Waals surface area contributed by atoms with Crippen molar-refractivity contribution < 1.29 is 0 Å². The van der Waals surface area contributed by atoms with Gasteiger partial charge in [-0.1, -0.05) is 40.0 Å².